The number of halogens is 1. The van der Waals surface area contributed by atoms with Crippen LogP contribution < -0.4 is 4.90 Å². The molecule has 0 N–H and O–H groups in total. The first-order valence-corrected chi connectivity index (χ1v) is 7.53. The molecule has 0 bridgehead atoms. The highest BCUT2D eigenvalue weighted by atomic mass is 79.9. The van der Waals surface area contributed by atoms with Crippen LogP contribution in [0.5, 0.6) is 0 Å². The highest BCUT2D eigenvalue weighted by Crippen LogP contribution is 2.31. The highest BCUT2D eigenvalue weighted by Gasteiger charge is 2.26. The van der Waals surface area contributed by atoms with Crippen molar-refractivity contribution in [1.29, 1.82) is 0 Å². The Bertz CT molecular complexity index is 336. The van der Waals surface area contributed by atoms with E-state index in [1.165, 1.54) is 24.1 Å². The van der Waals surface area contributed by atoms with Crippen molar-refractivity contribution in [3.8, 4) is 0 Å². The van der Waals surface area contributed by atoms with Gasteiger partial charge >= 0.3 is 0 Å². The first-order valence-electron chi connectivity index (χ1n) is 6.40. The summed E-state index contributed by atoms with van der Waals surface area (Å²) >= 11 is 3.68. The van der Waals surface area contributed by atoms with Gasteiger partial charge in [0.15, 0.2) is 0 Å². The molecule has 96 valence electrons. The van der Waals surface area contributed by atoms with E-state index in [4.69, 9.17) is 0 Å². The Morgan fingerprint density at radius 3 is 2.35 bits per heavy atom. The fourth-order valence-electron chi connectivity index (χ4n) is 2.16. The lowest BCUT2D eigenvalue weighted by Gasteiger charge is -2.35. The number of hydrogen-bond donors (Lipinski definition) is 0. The third-order valence-electron chi connectivity index (χ3n) is 3.80. The summed E-state index contributed by atoms with van der Waals surface area (Å²) in [6.07, 6.45) is 2.43. The lowest BCUT2D eigenvalue weighted by molar-refractivity contribution is 0.316. The van der Waals surface area contributed by atoms with Crippen LogP contribution in [0.4, 0.5) is 5.69 Å². The van der Waals surface area contributed by atoms with Crippen molar-refractivity contribution in [1.82, 2.24) is 0 Å². The zero-order chi connectivity index (χ0) is 12.9. The van der Waals surface area contributed by atoms with Crippen LogP contribution in [0.15, 0.2) is 24.3 Å². The molecule has 0 spiro atoms. The molecule has 0 atom stereocenters. The van der Waals surface area contributed by atoms with Gasteiger partial charge in [0.1, 0.15) is 0 Å². The van der Waals surface area contributed by atoms with E-state index in [0.717, 1.165) is 11.9 Å². The average molecular weight is 298 g/mol. The van der Waals surface area contributed by atoms with Gasteiger partial charge in [-0.05, 0) is 42.9 Å². The molecule has 0 aromatic heterocycles. The quantitative estimate of drug-likeness (QED) is 0.692. The van der Waals surface area contributed by atoms with Crippen LogP contribution >= 0.6 is 15.9 Å². The van der Waals surface area contributed by atoms with Gasteiger partial charge in [-0.15, -0.1) is 0 Å². The van der Waals surface area contributed by atoms with Crippen molar-refractivity contribution in [2.24, 2.45) is 5.41 Å². The minimum Gasteiger partial charge on any atom is -0.374 e. The third-order valence-corrected chi connectivity index (χ3v) is 4.99. The van der Waals surface area contributed by atoms with Gasteiger partial charge < -0.3 is 4.90 Å². The molecule has 0 saturated heterocycles. The maximum absolute atomic E-state index is 3.68. The number of anilines is 1. The van der Waals surface area contributed by atoms with Crippen molar-refractivity contribution in [3.63, 3.8) is 0 Å². The molecule has 0 aliphatic rings. The highest BCUT2D eigenvalue weighted by molar-refractivity contribution is 9.09. The topological polar surface area (TPSA) is 3.24 Å². The normalized spacial score (nSPS) is 11.6. The Morgan fingerprint density at radius 2 is 1.88 bits per heavy atom. The summed E-state index contributed by atoms with van der Waals surface area (Å²) in [5.41, 5.74) is 3.03. The fourth-order valence-corrected chi connectivity index (χ4v) is 3.13. The first-order chi connectivity index (χ1) is 8.06. The standard InChI is InChI=1S/C15H24BrN/c1-5-15(6-2,11-16)12-17(4)14-9-7-8-13(3)10-14/h7-10H,5-6,11-12H2,1-4H3. The number of hydrogen-bond acceptors (Lipinski definition) is 1. The molecule has 1 rings (SSSR count). The molecule has 0 amide bonds. The second-order valence-corrected chi connectivity index (χ2v) is 5.60. The summed E-state index contributed by atoms with van der Waals surface area (Å²) in [4.78, 5) is 2.38. The maximum Gasteiger partial charge on any atom is 0.0366 e. The minimum atomic E-state index is 0.387. The van der Waals surface area contributed by atoms with E-state index in [2.05, 4.69) is 72.9 Å². The molecule has 1 aromatic rings. The van der Waals surface area contributed by atoms with E-state index in [-0.39, 0.29) is 0 Å². The number of nitrogens with zero attached hydrogens (tertiary/aromatic N) is 1. The van der Waals surface area contributed by atoms with Crippen LogP contribution in [0, 0.1) is 12.3 Å². The summed E-state index contributed by atoms with van der Waals surface area (Å²) in [6.45, 7) is 7.83. The molecular weight excluding hydrogens is 274 g/mol. The maximum atomic E-state index is 3.68. The molecule has 17 heavy (non-hydrogen) atoms. The van der Waals surface area contributed by atoms with Crippen LogP contribution in [0.3, 0.4) is 0 Å². The smallest absolute Gasteiger partial charge is 0.0366 e. The van der Waals surface area contributed by atoms with Gasteiger partial charge in [0.05, 0.1) is 0 Å². The van der Waals surface area contributed by atoms with E-state index < -0.39 is 0 Å². The zero-order valence-electron chi connectivity index (χ0n) is 11.5. The van der Waals surface area contributed by atoms with Crippen LogP contribution in [-0.4, -0.2) is 18.9 Å². The van der Waals surface area contributed by atoms with Gasteiger partial charge in [-0.3, -0.25) is 0 Å². The zero-order valence-corrected chi connectivity index (χ0v) is 13.0. The van der Waals surface area contributed by atoms with Gasteiger partial charge in [0, 0.05) is 24.6 Å². The average Bonchev–Trinajstić information content (AvgIpc) is 2.36. The molecule has 0 aliphatic heterocycles. The second kappa shape index (κ2) is 6.44. The Hall–Kier alpha value is -0.500. The molecule has 0 unspecified atom stereocenters. The Balaban J connectivity index is 2.80. The Kier molecular flexibility index (Phi) is 5.51. The first kappa shape index (κ1) is 14.6. The summed E-state index contributed by atoms with van der Waals surface area (Å²) in [7, 11) is 2.19. The van der Waals surface area contributed by atoms with Crippen LogP contribution in [-0.2, 0) is 0 Å². The molecule has 0 radical (unpaired) electrons. The van der Waals surface area contributed by atoms with E-state index in [9.17, 15) is 0 Å². The van der Waals surface area contributed by atoms with Gasteiger partial charge in [-0.2, -0.15) is 0 Å². The molecule has 1 nitrogen and oxygen atoms in total. The van der Waals surface area contributed by atoms with Crippen LogP contribution in [0.2, 0.25) is 0 Å². The molecular formula is C15H24BrN. The largest absolute Gasteiger partial charge is 0.374 e. The number of alkyl halides is 1. The van der Waals surface area contributed by atoms with Crippen molar-refractivity contribution in [3.05, 3.63) is 29.8 Å². The van der Waals surface area contributed by atoms with E-state index in [0.29, 0.717) is 5.41 Å². The monoisotopic (exact) mass is 297 g/mol. The fraction of sp³-hybridized carbons (Fsp3) is 0.600. The summed E-state index contributed by atoms with van der Waals surface area (Å²) in [6, 6.07) is 8.73. The van der Waals surface area contributed by atoms with Gasteiger partial charge in [-0.1, -0.05) is 41.9 Å². The Labute approximate surface area is 114 Å². The van der Waals surface area contributed by atoms with E-state index in [1.54, 1.807) is 0 Å². The predicted molar refractivity (Wildman–Crippen MR) is 81.3 cm³/mol. The molecule has 2 heteroatoms. The summed E-state index contributed by atoms with van der Waals surface area (Å²) < 4.78 is 0. The van der Waals surface area contributed by atoms with Crippen molar-refractivity contribution >= 4 is 21.6 Å². The van der Waals surface area contributed by atoms with Crippen LogP contribution in [0.25, 0.3) is 0 Å². The van der Waals surface area contributed by atoms with Gasteiger partial charge in [0.25, 0.3) is 0 Å². The molecule has 0 heterocycles. The van der Waals surface area contributed by atoms with Gasteiger partial charge in [-0.25, -0.2) is 0 Å². The van der Waals surface area contributed by atoms with Crippen LogP contribution in [0.1, 0.15) is 32.3 Å². The second-order valence-electron chi connectivity index (χ2n) is 5.04. The summed E-state index contributed by atoms with van der Waals surface area (Å²) in [5.74, 6) is 0. The SMILES string of the molecule is CCC(CC)(CBr)CN(C)c1cccc(C)c1. The number of aryl methyl sites for hydroxylation is 1. The Morgan fingerprint density at radius 1 is 1.24 bits per heavy atom. The molecule has 1 aromatic carbocycles. The number of benzene rings is 1. The predicted octanol–water partition coefficient (Wildman–Crippen LogP) is 4.63. The van der Waals surface area contributed by atoms with Crippen molar-refractivity contribution < 1.29 is 0 Å². The van der Waals surface area contributed by atoms with E-state index >= 15 is 0 Å². The van der Waals surface area contributed by atoms with Crippen molar-refractivity contribution in [2.45, 2.75) is 33.6 Å². The van der Waals surface area contributed by atoms with E-state index in [1.807, 2.05) is 0 Å². The summed E-state index contributed by atoms with van der Waals surface area (Å²) in [5, 5.41) is 1.07. The third kappa shape index (κ3) is 3.74. The molecule has 0 aliphatic carbocycles. The molecule has 0 fully saturated rings. The number of rotatable bonds is 6. The lowest BCUT2D eigenvalue weighted by atomic mass is 9.84. The van der Waals surface area contributed by atoms with Gasteiger partial charge in [0.2, 0.25) is 0 Å². The minimum absolute atomic E-state index is 0.387. The van der Waals surface area contributed by atoms with Crippen molar-refractivity contribution in [2.75, 3.05) is 23.8 Å². The molecule has 0 saturated carbocycles. The lowest BCUT2D eigenvalue weighted by Crippen LogP contribution is -2.36.